The maximum absolute atomic E-state index is 12.0. The lowest BCUT2D eigenvalue weighted by Gasteiger charge is -2.19. The largest absolute Gasteiger partial charge is 0.333 e. The summed E-state index contributed by atoms with van der Waals surface area (Å²) in [5, 5.41) is 0. The van der Waals surface area contributed by atoms with Gasteiger partial charge in [0.05, 0.1) is 6.54 Å². The van der Waals surface area contributed by atoms with Crippen LogP contribution in [0.2, 0.25) is 0 Å². The fraction of sp³-hybridized carbons (Fsp3) is 0.385. The fourth-order valence-electron chi connectivity index (χ4n) is 1.85. The number of hydrogen-bond donors (Lipinski definition) is 0. The Bertz CT molecular complexity index is 356. The second-order valence-corrected chi connectivity index (χ2v) is 4.85. The van der Waals surface area contributed by atoms with Crippen LogP contribution in [0.1, 0.15) is 30.6 Å². The molecular formula is C13H16NO. The molecule has 2 rings (SSSR count). The SMILES string of the molecule is CC1(C)C[CH]N(C(=O)c2ccccc2)C1. The van der Waals surface area contributed by atoms with Gasteiger partial charge in [-0.2, -0.15) is 0 Å². The van der Waals surface area contributed by atoms with Crippen LogP contribution in [-0.4, -0.2) is 17.4 Å². The smallest absolute Gasteiger partial charge is 0.254 e. The van der Waals surface area contributed by atoms with Gasteiger partial charge >= 0.3 is 0 Å². The van der Waals surface area contributed by atoms with E-state index < -0.39 is 0 Å². The third-order valence-corrected chi connectivity index (χ3v) is 2.74. The van der Waals surface area contributed by atoms with Crippen LogP contribution < -0.4 is 0 Å². The van der Waals surface area contributed by atoms with Gasteiger partial charge in [-0.25, -0.2) is 0 Å². The minimum atomic E-state index is 0.112. The number of amides is 1. The average molecular weight is 202 g/mol. The lowest BCUT2D eigenvalue weighted by Crippen LogP contribution is -2.28. The zero-order chi connectivity index (χ0) is 10.9. The molecular weight excluding hydrogens is 186 g/mol. The quantitative estimate of drug-likeness (QED) is 0.685. The zero-order valence-corrected chi connectivity index (χ0v) is 9.23. The van der Waals surface area contributed by atoms with E-state index in [0.29, 0.717) is 0 Å². The highest BCUT2D eigenvalue weighted by molar-refractivity contribution is 5.94. The van der Waals surface area contributed by atoms with Gasteiger partial charge in [-0.05, 0) is 24.0 Å². The molecule has 0 aromatic heterocycles. The predicted octanol–water partition coefficient (Wildman–Crippen LogP) is 2.72. The van der Waals surface area contributed by atoms with Gasteiger partial charge in [-0.1, -0.05) is 32.0 Å². The Kier molecular flexibility index (Phi) is 2.51. The molecule has 2 heteroatoms. The summed E-state index contributed by atoms with van der Waals surface area (Å²) in [4.78, 5) is 13.9. The number of carbonyl (C=O) groups excluding carboxylic acids is 1. The molecule has 1 saturated heterocycles. The molecule has 1 aromatic carbocycles. The molecule has 0 bridgehead atoms. The lowest BCUT2D eigenvalue weighted by molar-refractivity contribution is 0.0804. The van der Waals surface area contributed by atoms with Crippen molar-refractivity contribution in [1.82, 2.24) is 4.90 Å². The third kappa shape index (κ3) is 2.20. The molecule has 0 spiro atoms. The second-order valence-electron chi connectivity index (χ2n) is 4.85. The Morgan fingerprint density at radius 3 is 2.47 bits per heavy atom. The van der Waals surface area contributed by atoms with Gasteiger partial charge in [0, 0.05) is 12.1 Å². The molecule has 0 aliphatic carbocycles. The van der Waals surface area contributed by atoms with Crippen molar-refractivity contribution >= 4 is 5.91 Å². The molecule has 2 nitrogen and oxygen atoms in total. The molecule has 79 valence electrons. The van der Waals surface area contributed by atoms with Crippen molar-refractivity contribution in [1.29, 1.82) is 0 Å². The van der Waals surface area contributed by atoms with Crippen molar-refractivity contribution < 1.29 is 4.79 Å². The molecule has 1 aliphatic heterocycles. The first kappa shape index (κ1) is 10.2. The Balaban J connectivity index is 2.11. The number of nitrogens with zero attached hydrogens (tertiary/aromatic N) is 1. The van der Waals surface area contributed by atoms with Crippen LogP contribution in [0, 0.1) is 12.0 Å². The number of rotatable bonds is 1. The maximum atomic E-state index is 12.0. The van der Waals surface area contributed by atoms with Crippen molar-refractivity contribution in [3.8, 4) is 0 Å². The number of likely N-dealkylation sites (tertiary alicyclic amines) is 1. The summed E-state index contributed by atoms with van der Waals surface area (Å²) < 4.78 is 0. The van der Waals surface area contributed by atoms with Gasteiger partial charge in [-0.15, -0.1) is 0 Å². The van der Waals surface area contributed by atoms with Gasteiger partial charge in [0.15, 0.2) is 0 Å². The summed E-state index contributed by atoms with van der Waals surface area (Å²) in [5.41, 5.74) is 0.996. The second kappa shape index (κ2) is 3.69. The highest BCUT2D eigenvalue weighted by atomic mass is 16.2. The van der Waals surface area contributed by atoms with E-state index in [1.807, 2.05) is 41.8 Å². The molecule has 1 amide bonds. The molecule has 0 N–H and O–H groups in total. The van der Waals surface area contributed by atoms with Gasteiger partial charge in [-0.3, -0.25) is 4.79 Å². The first-order valence-electron chi connectivity index (χ1n) is 5.28. The van der Waals surface area contributed by atoms with Gasteiger partial charge in [0.1, 0.15) is 0 Å². The summed E-state index contributed by atoms with van der Waals surface area (Å²) in [6, 6.07) is 9.44. The van der Waals surface area contributed by atoms with E-state index in [9.17, 15) is 4.79 Å². The highest BCUT2D eigenvalue weighted by Crippen LogP contribution is 2.32. The standard InChI is InChI=1S/C13H16NO/c1-13(2)8-9-14(10-13)12(15)11-6-4-3-5-7-11/h3-7,9H,8,10H2,1-2H3. The average Bonchev–Trinajstić information content (AvgIpc) is 2.59. The number of hydrogen-bond acceptors (Lipinski definition) is 1. The van der Waals surface area contributed by atoms with E-state index in [2.05, 4.69) is 13.8 Å². The van der Waals surface area contributed by atoms with Crippen LogP contribution in [0.5, 0.6) is 0 Å². The topological polar surface area (TPSA) is 20.3 Å². The van der Waals surface area contributed by atoms with E-state index >= 15 is 0 Å². The van der Waals surface area contributed by atoms with Gasteiger partial charge in [0.2, 0.25) is 0 Å². The minimum absolute atomic E-state index is 0.112. The normalized spacial score (nSPS) is 19.2. The lowest BCUT2D eigenvalue weighted by atomic mass is 9.93. The monoisotopic (exact) mass is 202 g/mol. The third-order valence-electron chi connectivity index (χ3n) is 2.74. The minimum Gasteiger partial charge on any atom is -0.333 e. The fourth-order valence-corrected chi connectivity index (χ4v) is 1.85. The van der Waals surface area contributed by atoms with Crippen LogP contribution in [0.15, 0.2) is 30.3 Å². The molecule has 1 heterocycles. The Morgan fingerprint density at radius 1 is 1.27 bits per heavy atom. The number of carbonyl (C=O) groups is 1. The summed E-state index contributed by atoms with van der Waals surface area (Å²) in [5.74, 6) is 0.112. The summed E-state index contributed by atoms with van der Waals surface area (Å²) in [6.07, 6.45) is 0.978. The Hall–Kier alpha value is -1.31. The van der Waals surface area contributed by atoms with Crippen molar-refractivity contribution in [3.63, 3.8) is 0 Å². The molecule has 15 heavy (non-hydrogen) atoms. The first-order valence-corrected chi connectivity index (χ1v) is 5.28. The van der Waals surface area contributed by atoms with E-state index in [1.54, 1.807) is 0 Å². The number of benzene rings is 1. The molecule has 1 radical (unpaired) electrons. The Morgan fingerprint density at radius 2 is 1.93 bits per heavy atom. The Labute approximate surface area is 90.9 Å². The van der Waals surface area contributed by atoms with Crippen LogP contribution in [0.25, 0.3) is 0 Å². The van der Waals surface area contributed by atoms with Crippen molar-refractivity contribution in [3.05, 3.63) is 42.4 Å². The maximum Gasteiger partial charge on any atom is 0.254 e. The van der Waals surface area contributed by atoms with Crippen molar-refractivity contribution in [2.75, 3.05) is 6.54 Å². The molecule has 0 atom stereocenters. The summed E-state index contributed by atoms with van der Waals surface area (Å²) in [6.45, 7) is 7.19. The van der Waals surface area contributed by atoms with E-state index in [0.717, 1.165) is 18.5 Å². The molecule has 0 saturated carbocycles. The van der Waals surface area contributed by atoms with Crippen LogP contribution in [0.4, 0.5) is 0 Å². The van der Waals surface area contributed by atoms with E-state index in [4.69, 9.17) is 0 Å². The molecule has 1 aliphatic rings. The van der Waals surface area contributed by atoms with Crippen LogP contribution in [0.3, 0.4) is 0 Å². The first-order chi connectivity index (χ1) is 7.08. The van der Waals surface area contributed by atoms with Gasteiger partial charge in [0.25, 0.3) is 5.91 Å². The molecule has 0 unspecified atom stereocenters. The van der Waals surface area contributed by atoms with Crippen molar-refractivity contribution in [2.24, 2.45) is 5.41 Å². The van der Waals surface area contributed by atoms with E-state index in [-0.39, 0.29) is 11.3 Å². The molecule has 1 aromatic rings. The van der Waals surface area contributed by atoms with Crippen LogP contribution >= 0.6 is 0 Å². The summed E-state index contributed by atoms with van der Waals surface area (Å²) in [7, 11) is 0. The molecule has 1 fully saturated rings. The summed E-state index contributed by atoms with van der Waals surface area (Å²) >= 11 is 0. The van der Waals surface area contributed by atoms with Crippen LogP contribution in [-0.2, 0) is 0 Å². The van der Waals surface area contributed by atoms with Gasteiger partial charge < -0.3 is 4.90 Å². The predicted molar refractivity (Wildman–Crippen MR) is 60.2 cm³/mol. The van der Waals surface area contributed by atoms with E-state index in [1.165, 1.54) is 0 Å². The zero-order valence-electron chi connectivity index (χ0n) is 9.23. The highest BCUT2D eigenvalue weighted by Gasteiger charge is 2.32. The van der Waals surface area contributed by atoms with Crippen molar-refractivity contribution in [2.45, 2.75) is 20.3 Å².